The van der Waals surface area contributed by atoms with Crippen LogP contribution in [0.4, 0.5) is 0 Å². The zero-order chi connectivity index (χ0) is 13.5. The second-order valence-electron chi connectivity index (χ2n) is 5.94. The summed E-state index contributed by atoms with van der Waals surface area (Å²) in [5.41, 5.74) is 1.22. The zero-order valence-corrected chi connectivity index (χ0v) is 11.6. The number of rotatable bonds is 2. The molecule has 0 saturated carbocycles. The van der Waals surface area contributed by atoms with E-state index in [1.807, 2.05) is 6.07 Å². The highest BCUT2D eigenvalue weighted by molar-refractivity contribution is 5.44. The summed E-state index contributed by atoms with van der Waals surface area (Å²) in [5.74, 6) is 1.13. The van der Waals surface area contributed by atoms with Crippen molar-refractivity contribution in [1.82, 2.24) is 15.1 Å². The summed E-state index contributed by atoms with van der Waals surface area (Å²) in [6, 6.07) is 6.56. The van der Waals surface area contributed by atoms with Gasteiger partial charge in [-0.3, -0.25) is 9.80 Å². The maximum absolute atomic E-state index is 9.50. The first kappa shape index (κ1) is 12.4. The predicted molar refractivity (Wildman–Crippen MR) is 76.1 cm³/mol. The van der Waals surface area contributed by atoms with Crippen LogP contribution in [0.1, 0.15) is 11.6 Å². The number of phenols is 1. The molecule has 1 aromatic carbocycles. The molecule has 3 heterocycles. The monoisotopic (exact) mass is 275 g/mol. The topological polar surface area (TPSA) is 48.0 Å². The Morgan fingerprint density at radius 1 is 1.15 bits per heavy atom. The quantitative estimate of drug-likeness (QED) is 0.819. The lowest BCUT2D eigenvalue weighted by Gasteiger charge is -2.48. The van der Waals surface area contributed by atoms with Crippen molar-refractivity contribution in [3.8, 4) is 11.5 Å². The second-order valence-corrected chi connectivity index (χ2v) is 5.94. The van der Waals surface area contributed by atoms with E-state index in [0.29, 0.717) is 18.7 Å². The van der Waals surface area contributed by atoms with Gasteiger partial charge in [0.15, 0.2) is 0 Å². The van der Waals surface area contributed by atoms with Crippen LogP contribution in [0.5, 0.6) is 11.5 Å². The number of hydrogen-bond donors (Lipinski definition) is 2. The van der Waals surface area contributed by atoms with E-state index < -0.39 is 0 Å². The van der Waals surface area contributed by atoms with Crippen molar-refractivity contribution in [3.63, 3.8) is 0 Å². The van der Waals surface area contributed by atoms with Gasteiger partial charge in [0.2, 0.25) is 0 Å². The number of hydrogen-bond acceptors (Lipinski definition) is 5. The van der Waals surface area contributed by atoms with Crippen molar-refractivity contribution in [2.24, 2.45) is 0 Å². The van der Waals surface area contributed by atoms with Crippen molar-refractivity contribution >= 4 is 0 Å². The number of phenolic OH excluding ortho intramolecular Hbond substituents is 1. The van der Waals surface area contributed by atoms with E-state index in [2.05, 4.69) is 15.1 Å². The van der Waals surface area contributed by atoms with E-state index in [9.17, 15) is 5.11 Å². The van der Waals surface area contributed by atoms with E-state index in [1.54, 1.807) is 12.1 Å². The molecule has 108 valence electrons. The lowest BCUT2D eigenvalue weighted by atomic mass is 9.99. The molecule has 5 nitrogen and oxygen atoms in total. The third-order valence-electron chi connectivity index (χ3n) is 4.75. The van der Waals surface area contributed by atoms with E-state index in [1.165, 1.54) is 18.7 Å². The molecule has 0 aliphatic carbocycles. The molecule has 0 aromatic heterocycles. The minimum absolute atomic E-state index is 0.284. The third-order valence-corrected chi connectivity index (χ3v) is 4.75. The van der Waals surface area contributed by atoms with Gasteiger partial charge < -0.3 is 15.2 Å². The predicted octanol–water partition coefficient (Wildman–Crippen LogP) is 0.415. The van der Waals surface area contributed by atoms with Crippen LogP contribution in [0.15, 0.2) is 18.2 Å². The Kier molecular flexibility index (Phi) is 3.06. The van der Waals surface area contributed by atoms with Gasteiger partial charge in [-0.1, -0.05) is 0 Å². The number of likely N-dealkylation sites (tertiary alicyclic amines) is 1. The summed E-state index contributed by atoms with van der Waals surface area (Å²) in [6.45, 7) is 7.56. The van der Waals surface area contributed by atoms with Gasteiger partial charge in [-0.05, 0) is 12.1 Å². The normalized spacial score (nSPS) is 27.9. The standard InChI is InChI=1S/C15H21N3O2/c19-12-1-2-13-14(10-20-15(13)7-12)18-8-11(9-18)17-5-3-16-4-6-17/h1-2,7,11,14,16,19H,3-6,8-10H2. The van der Waals surface area contributed by atoms with Crippen LogP contribution in [0, 0.1) is 0 Å². The zero-order valence-electron chi connectivity index (χ0n) is 11.6. The smallest absolute Gasteiger partial charge is 0.127 e. The van der Waals surface area contributed by atoms with Gasteiger partial charge in [0.25, 0.3) is 0 Å². The first-order valence-electron chi connectivity index (χ1n) is 7.46. The molecular formula is C15H21N3O2. The van der Waals surface area contributed by atoms with Crippen molar-refractivity contribution in [1.29, 1.82) is 0 Å². The van der Waals surface area contributed by atoms with Crippen molar-refractivity contribution < 1.29 is 9.84 Å². The summed E-state index contributed by atoms with van der Waals surface area (Å²) in [4.78, 5) is 5.09. The average molecular weight is 275 g/mol. The molecule has 3 aliphatic rings. The molecule has 20 heavy (non-hydrogen) atoms. The molecule has 2 N–H and O–H groups in total. The van der Waals surface area contributed by atoms with Crippen molar-refractivity contribution in [3.05, 3.63) is 23.8 Å². The molecule has 1 unspecified atom stereocenters. The highest BCUT2D eigenvalue weighted by Gasteiger charge is 2.39. The van der Waals surface area contributed by atoms with E-state index in [-0.39, 0.29) is 5.75 Å². The summed E-state index contributed by atoms with van der Waals surface area (Å²) >= 11 is 0. The molecule has 2 fully saturated rings. The largest absolute Gasteiger partial charge is 0.508 e. The van der Waals surface area contributed by atoms with Crippen LogP contribution in [-0.2, 0) is 0 Å². The fourth-order valence-corrected chi connectivity index (χ4v) is 3.50. The van der Waals surface area contributed by atoms with Crippen LogP contribution in [0.3, 0.4) is 0 Å². The van der Waals surface area contributed by atoms with E-state index in [0.717, 1.165) is 31.9 Å². The Morgan fingerprint density at radius 2 is 1.95 bits per heavy atom. The van der Waals surface area contributed by atoms with E-state index in [4.69, 9.17) is 4.74 Å². The molecule has 0 amide bonds. The van der Waals surface area contributed by atoms with Crippen molar-refractivity contribution in [2.75, 3.05) is 45.9 Å². The number of ether oxygens (including phenoxy) is 1. The van der Waals surface area contributed by atoms with Crippen LogP contribution in [0.2, 0.25) is 0 Å². The lowest BCUT2D eigenvalue weighted by molar-refractivity contribution is -0.00586. The minimum Gasteiger partial charge on any atom is -0.508 e. The first-order chi connectivity index (χ1) is 9.81. The van der Waals surface area contributed by atoms with Gasteiger partial charge in [0.1, 0.15) is 18.1 Å². The summed E-state index contributed by atoms with van der Waals surface area (Å²) in [7, 11) is 0. The number of benzene rings is 1. The Balaban J connectivity index is 1.40. The van der Waals surface area contributed by atoms with Gasteiger partial charge in [0.05, 0.1) is 6.04 Å². The first-order valence-corrected chi connectivity index (χ1v) is 7.46. The Hall–Kier alpha value is -1.30. The fraction of sp³-hybridized carbons (Fsp3) is 0.600. The van der Waals surface area contributed by atoms with Crippen LogP contribution in [0.25, 0.3) is 0 Å². The minimum atomic E-state index is 0.284. The highest BCUT2D eigenvalue weighted by Crippen LogP contribution is 2.40. The molecule has 0 radical (unpaired) electrons. The fourth-order valence-electron chi connectivity index (χ4n) is 3.50. The Labute approximate surface area is 119 Å². The van der Waals surface area contributed by atoms with Crippen molar-refractivity contribution in [2.45, 2.75) is 12.1 Å². The van der Waals surface area contributed by atoms with Crippen LogP contribution < -0.4 is 10.1 Å². The molecular weight excluding hydrogens is 254 g/mol. The molecule has 0 bridgehead atoms. The number of nitrogens with zero attached hydrogens (tertiary/aromatic N) is 2. The molecule has 1 atom stereocenters. The second kappa shape index (κ2) is 4.91. The number of aromatic hydroxyl groups is 1. The maximum Gasteiger partial charge on any atom is 0.127 e. The Bertz CT molecular complexity index is 496. The van der Waals surface area contributed by atoms with Gasteiger partial charge >= 0.3 is 0 Å². The van der Waals surface area contributed by atoms with Gasteiger partial charge in [-0.2, -0.15) is 0 Å². The summed E-state index contributed by atoms with van der Waals surface area (Å²) in [6.07, 6.45) is 0. The van der Waals surface area contributed by atoms with Gasteiger partial charge in [0, 0.05) is 56.9 Å². The number of piperazine rings is 1. The van der Waals surface area contributed by atoms with Crippen LogP contribution >= 0.6 is 0 Å². The molecule has 4 rings (SSSR count). The maximum atomic E-state index is 9.50. The molecule has 5 heteroatoms. The van der Waals surface area contributed by atoms with Crippen LogP contribution in [-0.4, -0.2) is 66.8 Å². The number of fused-ring (bicyclic) bond motifs is 1. The lowest BCUT2D eigenvalue weighted by Crippen LogP contribution is -2.63. The Morgan fingerprint density at radius 3 is 2.75 bits per heavy atom. The molecule has 1 aromatic rings. The van der Waals surface area contributed by atoms with E-state index >= 15 is 0 Å². The number of nitrogens with one attached hydrogen (secondary N) is 1. The average Bonchev–Trinajstić information content (AvgIpc) is 2.81. The SMILES string of the molecule is Oc1ccc2c(c1)OCC2N1CC(N2CCNCC2)C1. The molecule has 0 spiro atoms. The molecule has 2 saturated heterocycles. The van der Waals surface area contributed by atoms with Gasteiger partial charge in [-0.15, -0.1) is 0 Å². The third kappa shape index (κ3) is 2.06. The molecule has 3 aliphatic heterocycles. The highest BCUT2D eigenvalue weighted by atomic mass is 16.5. The van der Waals surface area contributed by atoms with Gasteiger partial charge in [-0.25, -0.2) is 0 Å². The summed E-state index contributed by atoms with van der Waals surface area (Å²) < 4.78 is 5.70. The summed E-state index contributed by atoms with van der Waals surface area (Å²) in [5, 5.41) is 12.9.